The highest BCUT2D eigenvalue weighted by Crippen LogP contribution is 2.19. The summed E-state index contributed by atoms with van der Waals surface area (Å²) in [7, 11) is 0. The van der Waals surface area contributed by atoms with Crippen LogP contribution >= 0.6 is 11.6 Å². The maximum Gasteiger partial charge on any atom is 0.256 e. The van der Waals surface area contributed by atoms with Gasteiger partial charge in [-0.25, -0.2) is 0 Å². The Labute approximate surface area is 129 Å². The Bertz CT molecular complexity index is 658. The van der Waals surface area contributed by atoms with Crippen molar-refractivity contribution in [2.75, 3.05) is 12.3 Å². The number of hydrogen-bond donors (Lipinski definition) is 1. The second-order valence-electron chi connectivity index (χ2n) is 4.81. The van der Waals surface area contributed by atoms with Crippen molar-refractivity contribution in [3.05, 3.63) is 58.4 Å². The Morgan fingerprint density at radius 3 is 2.76 bits per heavy atom. The molecule has 0 saturated heterocycles. The van der Waals surface area contributed by atoms with Gasteiger partial charge in [-0.15, -0.1) is 0 Å². The summed E-state index contributed by atoms with van der Waals surface area (Å²) in [5.41, 5.74) is 8.34. The first-order valence-electron chi connectivity index (χ1n) is 6.77. The Balaban J connectivity index is 2.27. The SMILES string of the molecule is CCN(Cc1ccccc1Cl)C(=O)c1cc(N)cnc1C. The lowest BCUT2D eigenvalue weighted by molar-refractivity contribution is 0.0751. The highest BCUT2D eigenvalue weighted by atomic mass is 35.5. The summed E-state index contributed by atoms with van der Waals surface area (Å²) in [6.45, 7) is 4.78. The molecule has 1 aromatic heterocycles. The van der Waals surface area contributed by atoms with Crippen molar-refractivity contribution in [1.29, 1.82) is 0 Å². The van der Waals surface area contributed by atoms with E-state index < -0.39 is 0 Å². The number of anilines is 1. The van der Waals surface area contributed by atoms with E-state index in [9.17, 15) is 4.79 Å². The third-order valence-corrected chi connectivity index (χ3v) is 3.70. The fourth-order valence-electron chi connectivity index (χ4n) is 2.10. The van der Waals surface area contributed by atoms with Crippen LogP contribution in [-0.2, 0) is 6.54 Å². The van der Waals surface area contributed by atoms with E-state index in [1.807, 2.05) is 31.2 Å². The fraction of sp³-hybridized carbons (Fsp3) is 0.250. The monoisotopic (exact) mass is 303 g/mol. The molecule has 0 radical (unpaired) electrons. The van der Waals surface area contributed by atoms with Gasteiger partial charge in [-0.3, -0.25) is 9.78 Å². The van der Waals surface area contributed by atoms with Gasteiger partial charge >= 0.3 is 0 Å². The number of nitrogens with zero attached hydrogens (tertiary/aromatic N) is 2. The minimum absolute atomic E-state index is 0.0882. The number of aromatic nitrogens is 1. The van der Waals surface area contributed by atoms with Gasteiger partial charge in [-0.05, 0) is 31.5 Å². The lowest BCUT2D eigenvalue weighted by Gasteiger charge is -2.22. The van der Waals surface area contributed by atoms with Gasteiger partial charge in [0.2, 0.25) is 0 Å². The molecular formula is C16H18ClN3O. The van der Waals surface area contributed by atoms with Gasteiger partial charge in [0.05, 0.1) is 23.1 Å². The van der Waals surface area contributed by atoms with E-state index in [-0.39, 0.29) is 5.91 Å². The van der Waals surface area contributed by atoms with E-state index in [2.05, 4.69) is 4.98 Å². The Morgan fingerprint density at radius 2 is 2.10 bits per heavy atom. The van der Waals surface area contributed by atoms with Crippen LogP contribution in [0.5, 0.6) is 0 Å². The predicted molar refractivity (Wildman–Crippen MR) is 85.3 cm³/mol. The topological polar surface area (TPSA) is 59.2 Å². The maximum absolute atomic E-state index is 12.7. The second kappa shape index (κ2) is 6.59. The number of pyridine rings is 1. The van der Waals surface area contributed by atoms with Crippen molar-refractivity contribution >= 4 is 23.2 Å². The number of hydrogen-bond acceptors (Lipinski definition) is 3. The Kier molecular flexibility index (Phi) is 4.81. The number of halogens is 1. The average Bonchev–Trinajstić information content (AvgIpc) is 2.48. The fourth-order valence-corrected chi connectivity index (χ4v) is 2.29. The van der Waals surface area contributed by atoms with Crippen LogP contribution in [0.2, 0.25) is 5.02 Å². The van der Waals surface area contributed by atoms with Gasteiger partial charge in [0.15, 0.2) is 0 Å². The number of nitrogens with two attached hydrogens (primary N) is 1. The molecule has 0 atom stereocenters. The molecule has 0 fully saturated rings. The molecule has 0 aliphatic carbocycles. The van der Waals surface area contributed by atoms with Crippen LogP contribution in [0, 0.1) is 6.92 Å². The molecule has 0 bridgehead atoms. The number of carbonyl (C=O) groups is 1. The normalized spacial score (nSPS) is 10.4. The van der Waals surface area contributed by atoms with Gasteiger partial charge < -0.3 is 10.6 Å². The molecule has 0 spiro atoms. The zero-order valence-electron chi connectivity index (χ0n) is 12.1. The van der Waals surface area contributed by atoms with Gasteiger partial charge in [-0.2, -0.15) is 0 Å². The summed E-state index contributed by atoms with van der Waals surface area (Å²) in [4.78, 5) is 18.5. The summed E-state index contributed by atoms with van der Waals surface area (Å²) < 4.78 is 0. The molecule has 2 aromatic rings. The number of aryl methyl sites for hydroxylation is 1. The minimum Gasteiger partial charge on any atom is -0.397 e. The van der Waals surface area contributed by atoms with Crippen molar-refractivity contribution in [3.63, 3.8) is 0 Å². The minimum atomic E-state index is -0.0882. The third-order valence-electron chi connectivity index (χ3n) is 3.33. The van der Waals surface area contributed by atoms with Crippen molar-refractivity contribution in [3.8, 4) is 0 Å². The first kappa shape index (κ1) is 15.3. The van der Waals surface area contributed by atoms with Crippen LogP contribution in [0.15, 0.2) is 36.5 Å². The molecule has 1 aromatic carbocycles. The molecule has 1 amide bonds. The van der Waals surface area contributed by atoms with E-state index in [4.69, 9.17) is 17.3 Å². The standard InChI is InChI=1S/C16H18ClN3O/c1-3-20(10-12-6-4-5-7-15(12)17)16(21)14-8-13(18)9-19-11(14)2/h4-9H,3,10,18H2,1-2H3. The van der Waals surface area contributed by atoms with E-state index >= 15 is 0 Å². The number of carbonyl (C=O) groups excluding carboxylic acids is 1. The van der Waals surface area contributed by atoms with Gasteiger partial charge in [0.25, 0.3) is 5.91 Å². The number of benzene rings is 1. The molecule has 0 saturated carbocycles. The summed E-state index contributed by atoms with van der Waals surface area (Å²) in [5, 5.41) is 0.658. The van der Waals surface area contributed by atoms with E-state index in [0.717, 1.165) is 5.56 Å². The van der Waals surface area contributed by atoms with Crippen LogP contribution in [-0.4, -0.2) is 22.3 Å². The summed E-state index contributed by atoms with van der Waals surface area (Å²) in [6, 6.07) is 9.19. The first-order valence-corrected chi connectivity index (χ1v) is 7.15. The number of rotatable bonds is 4. The highest BCUT2D eigenvalue weighted by molar-refractivity contribution is 6.31. The lowest BCUT2D eigenvalue weighted by atomic mass is 10.1. The molecule has 110 valence electrons. The van der Waals surface area contributed by atoms with Crippen molar-refractivity contribution in [2.45, 2.75) is 20.4 Å². The van der Waals surface area contributed by atoms with Crippen LogP contribution < -0.4 is 5.73 Å². The quantitative estimate of drug-likeness (QED) is 0.943. The Morgan fingerprint density at radius 1 is 1.38 bits per heavy atom. The molecule has 0 aliphatic rings. The molecule has 1 heterocycles. The molecule has 21 heavy (non-hydrogen) atoms. The number of nitrogen functional groups attached to an aromatic ring is 1. The molecule has 0 aliphatic heterocycles. The lowest BCUT2D eigenvalue weighted by Crippen LogP contribution is -2.31. The van der Waals surface area contributed by atoms with Crippen LogP contribution in [0.4, 0.5) is 5.69 Å². The van der Waals surface area contributed by atoms with Crippen molar-refractivity contribution in [2.24, 2.45) is 0 Å². The van der Waals surface area contributed by atoms with Crippen molar-refractivity contribution in [1.82, 2.24) is 9.88 Å². The zero-order chi connectivity index (χ0) is 15.4. The smallest absolute Gasteiger partial charge is 0.256 e. The van der Waals surface area contributed by atoms with Gasteiger partial charge in [0.1, 0.15) is 0 Å². The average molecular weight is 304 g/mol. The molecule has 2 N–H and O–H groups in total. The first-order chi connectivity index (χ1) is 10.0. The molecule has 5 heteroatoms. The Hall–Kier alpha value is -2.07. The van der Waals surface area contributed by atoms with E-state index in [0.29, 0.717) is 35.1 Å². The van der Waals surface area contributed by atoms with E-state index in [1.54, 1.807) is 24.1 Å². The maximum atomic E-state index is 12.7. The van der Waals surface area contributed by atoms with Crippen molar-refractivity contribution < 1.29 is 4.79 Å². The molecule has 4 nitrogen and oxygen atoms in total. The largest absolute Gasteiger partial charge is 0.397 e. The summed E-state index contributed by atoms with van der Waals surface area (Å²) >= 11 is 6.16. The highest BCUT2D eigenvalue weighted by Gasteiger charge is 2.18. The molecular weight excluding hydrogens is 286 g/mol. The summed E-state index contributed by atoms with van der Waals surface area (Å²) in [6.07, 6.45) is 1.55. The molecule has 0 unspecified atom stereocenters. The zero-order valence-corrected chi connectivity index (χ0v) is 12.9. The second-order valence-corrected chi connectivity index (χ2v) is 5.22. The number of amides is 1. The van der Waals surface area contributed by atoms with Gasteiger partial charge in [-0.1, -0.05) is 29.8 Å². The van der Waals surface area contributed by atoms with Crippen LogP contribution in [0.3, 0.4) is 0 Å². The predicted octanol–water partition coefficient (Wildman–Crippen LogP) is 3.29. The summed E-state index contributed by atoms with van der Waals surface area (Å²) in [5.74, 6) is -0.0882. The molecule has 2 rings (SSSR count). The van der Waals surface area contributed by atoms with Gasteiger partial charge in [0, 0.05) is 18.1 Å². The van der Waals surface area contributed by atoms with E-state index in [1.165, 1.54) is 0 Å². The van der Waals surface area contributed by atoms with Crippen LogP contribution in [0.25, 0.3) is 0 Å². The third kappa shape index (κ3) is 3.52. The van der Waals surface area contributed by atoms with Crippen LogP contribution in [0.1, 0.15) is 28.5 Å².